The van der Waals surface area contributed by atoms with Crippen molar-refractivity contribution < 1.29 is 4.79 Å². The summed E-state index contributed by atoms with van der Waals surface area (Å²) in [6, 6.07) is 10.8. The molecule has 1 atom stereocenters. The number of aromatic nitrogens is 6. The van der Waals surface area contributed by atoms with Crippen molar-refractivity contribution in [2.45, 2.75) is 19.5 Å². The summed E-state index contributed by atoms with van der Waals surface area (Å²) in [7, 11) is 0. The molecule has 4 aromatic heterocycles. The number of carbonyl (C=O) groups is 1. The van der Waals surface area contributed by atoms with Gasteiger partial charge in [0, 0.05) is 25.1 Å². The third kappa shape index (κ3) is 2.78. The van der Waals surface area contributed by atoms with Crippen LogP contribution < -0.4 is 5.56 Å². The normalized spacial score (nSPS) is 16.0. The van der Waals surface area contributed by atoms with Gasteiger partial charge in [-0.15, -0.1) is 10.2 Å². The fourth-order valence-corrected chi connectivity index (χ4v) is 3.70. The van der Waals surface area contributed by atoms with Gasteiger partial charge in [0.25, 0.3) is 11.5 Å². The minimum atomic E-state index is -0.380. The fraction of sp³-hybridized carbons (Fsp3) is 0.200. The van der Waals surface area contributed by atoms with Crippen LogP contribution in [0.15, 0.2) is 59.8 Å². The molecule has 0 unspecified atom stereocenters. The highest BCUT2D eigenvalue weighted by Gasteiger charge is 2.31. The number of carbonyl (C=O) groups excluding carboxylic acids is 1. The molecule has 9 nitrogen and oxygen atoms in total. The smallest absolute Gasteiger partial charge is 0.270 e. The monoisotopic (exact) mass is 387 g/mol. The molecule has 0 radical (unpaired) electrons. The maximum atomic E-state index is 13.1. The Morgan fingerprint density at radius 3 is 2.79 bits per heavy atom. The topological polar surface area (TPSA) is 98.3 Å². The van der Waals surface area contributed by atoms with Crippen molar-refractivity contribution in [3.63, 3.8) is 0 Å². The standard InChI is InChI=1S/C20H17N7O2/c1-13-11-25(12-17-23-24-18(27(13)17)15-6-2-4-8-21-15)19(28)14-10-22-16-7-3-5-9-26(16)20(14)29/h2-10,13H,11-12H2,1H3/t13-/m0/s1. The summed E-state index contributed by atoms with van der Waals surface area (Å²) in [5.74, 6) is 0.973. The lowest BCUT2D eigenvalue weighted by Gasteiger charge is -2.32. The number of nitrogens with zero attached hydrogens (tertiary/aromatic N) is 7. The molecule has 0 saturated heterocycles. The second-order valence-corrected chi connectivity index (χ2v) is 6.97. The molecule has 0 bridgehead atoms. The Bertz CT molecular complexity index is 1280. The average Bonchev–Trinajstić information content (AvgIpc) is 3.19. The van der Waals surface area contributed by atoms with Crippen molar-refractivity contribution in [3.05, 3.63) is 76.7 Å². The van der Waals surface area contributed by atoms with Crippen molar-refractivity contribution >= 4 is 11.6 Å². The van der Waals surface area contributed by atoms with Crippen LogP contribution >= 0.6 is 0 Å². The Balaban J connectivity index is 1.49. The third-order valence-electron chi connectivity index (χ3n) is 5.05. The van der Waals surface area contributed by atoms with Gasteiger partial charge >= 0.3 is 0 Å². The van der Waals surface area contributed by atoms with Crippen molar-refractivity contribution in [3.8, 4) is 11.5 Å². The van der Waals surface area contributed by atoms with E-state index in [2.05, 4.69) is 20.2 Å². The number of pyridine rings is 2. The first-order valence-electron chi connectivity index (χ1n) is 9.24. The second kappa shape index (κ2) is 6.62. The molecule has 9 heteroatoms. The largest absolute Gasteiger partial charge is 0.329 e. The first kappa shape index (κ1) is 17.2. The molecule has 5 rings (SSSR count). The van der Waals surface area contributed by atoms with E-state index in [0.717, 1.165) is 5.69 Å². The van der Waals surface area contributed by atoms with E-state index in [-0.39, 0.29) is 29.6 Å². The Kier molecular flexibility index (Phi) is 3.94. The van der Waals surface area contributed by atoms with Gasteiger partial charge in [-0.05, 0) is 31.2 Å². The highest BCUT2D eigenvalue weighted by molar-refractivity contribution is 5.93. The summed E-state index contributed by atoms with van der Waals surface area (Å²) in [6.45, 7) is 2.69. The van der Waals surface area contributed by atoms with E-state index >= 15 is 0 Å². The molecule has 0 N–H and O–H groups in total. The lowest BCUT2D eigenvalue weighted by Crippen LogP contribution is -2.42. The molecule has 0 aromatic carbocycles. The van der Waals surface area contributed by atoms with E-state index in [9.17, 15) is 9.59 Å². The molecular weight excluding hydrogens is 370 g/mol. The number of hydrogen-bond acceptors (Lipinski definition) is 6. The van der Waals surface area contributed by atoms with Crippen LogP contribution in [0.25, 0.3) is 17.2 Å². The van der Waals surface area contributed by atoms with Gasteiger partial charge in [-0.25, -0.2) is 4.98 Å². The molecule has 0 fully saturated rings. The Labute approximate surface area is 165 Å². The quantitative estimate of drug-likeness (QED) is 0.518. The Morgan fingerprint density at radius 1 is 1.10 bits per heavy atom. The van der Waals surface area contributed by atoms with E-state index in [1.165, 1.54) is 10.6 Å². The molecule has 0 aliphatic carbocycles. The van der Waals surface area contributed by atoms with Crippen LogP contribution in [-0.4, -0.2) is 46.5 Å². The van der Waals surface area contributed by atoms with Crippen LogP contribution in [0.2, 0.25) is 0 Å². The van der Waals surface area contributed by atoms with E-state index < -0.39 is 0 Å². The number of hydrogen-bond donors (Lipinski definition) is 0. The molecule has 29 heavy (non-hydrogen) atoms. The van der Waals surface area contributed by atoms with Crippen LogP contribution in [0.1, 0.15) is 29.1 Å². The van der Waals surface area contributed by atoms with Crippen molar-refractivity contribution in [1.29, 1.82) is 0 Å². The third-order valence-corrected chi connectivity index (χ3v) is 5.05. The van der Waals surface area contributed by atoms with Gasteiger partial charge in [0.1, 0.15) is 16.9 Å². The summed E-state index contributed by atoms with van der Waals surface area (Å²) in [6.07, 6.45) is 4.67. The van der Waals surface area contributed by atoms with Gasteiger partial charge in [0.2, 0.25) is 0 Å². The number of rotatable bonds is 2. The van der Waals surface area contributed by atoms with E-state index in [1.54, 1.807) is 35.5 Å². The van der Waals surface area contributed by atoms with Crippen molar-refractivity contribution in [1.82, 2.24) is 34.0 Å². The first-order valence-corrected chi connectivity index (χ1v) is 9.24. The van der Waals surface area contributed by atoms with Crippen LogP contribution in [0, 0.1) is 0 Å². The zero-order valence-electron chi connectivity index (χ0n) is 15.6. The molecule has 1 aliphatic heterocycles. The first-order chi connectivity index (χ1) is 14.1. The Hall–Kier alpha value is -3.88. The number of amides is 1. The lowest BCUT2D eigenvalue weighted by molar-refractivity contribution is 0.0679. The van der Waals surface area contributed by atoms with Crippen LogP contribution in [0.3, 0.4) is 0 Å². The van der Waals surface area contributed by atoms with Crippen molar-refractivity contribution in [2.24, 2.45) is 0 Å². The van der Waals surface area contributed by atoms with Crippen LogP contribution in [0.4, 0.5) is 0 Å². The van der Waals surface area contributed by atoms with E-state index in [0.29, 0.717) is 23.8 Å². The van der Waals surface area contributed by atoms with Gasteiger partial charge in [-0.3, -0.25) is 19.0 Å². The average molecular weight is 387 g/mol. The molecule has 144 valence electrons. The zero-order valence-corrected chi connectivity index (χ0v) is 15.6. The SMILES string of the molecule is C[C@H]1CN(C(=O)c2cnc3ccccn3c2=O)Cc2nnc(-c3ccccn3)n21. The summed E-state index contributed by atoms with van der Waals surface area (Å²) < 4.78 is 3.37. The molecule has 1 aliphatic rings. The molecule has 4 aromatic rings. The minimum Gasteiger partial charge on any atom is -0.329 e. The molecule has 5 heterocycles. The van der Waals surface area contributed by atoms with E-state index in [1.807, 2.05) is 29.7 Å². The maximum Gasteiger partial charge on any atom is 0.270 e. The summed E-state index contributed by atoms with van der Waals surface area (Å²) >= 11 is 0. The summed E-state index contributed by atoms with van der Waals surface area (Å²) in [4.78, 5) is 36.1. The lowest BCUT2D eigenvalue weighted by atomic mass is 10.2. The molecule has 0 spiro atoms. The molecule has 0 saturated carbocycles. The molecule has 1 amide bonds. The summed E-state index contributed by atoms with van der Waals surface area (Å²) in [5.41, 5.74) is 0.893. The summed E-state index contributed by atoms with van der Waals surface area (Å²) in [5, 5.41) is 8.54. The predicted molar refractivity (Wildman–Crippen MR) is 104 cm³/mol. The number of fused-ring (bicyclic) bond motifs is 2. The van der Waals surface area contributed by atoms with Gasteiger partial charge in [0.05, 0.1) is 12.6 Å². The van der Waals surface area contributed by atoms with Gasteiger partial charge in [0.15, 0.2) is 11.6 Å². The maximum absolute atomic E-state index is 13.1. The predicted octanol–water partition coefficient (Wildman–Crippen LogP) is 1.56. The molecular formula is C20H17N7O2. The highest BCUT2D eigenvalue weighted by atomic mass is 16.2. The van der Waals surface area contributed by atoms with Crippen molar-refractivity contribution in [2.75, 3.05) is 6.54 Å². The zero-order chi connectivity index (χ0) is 20.0. The van der Waals surface area contributed by atoms with Crippen LogP contribution in [0.5, 0.6) is 0 Å². The fourth-order valence-electron chi connectivity index (χ4n) is 3.70. The minimum absolute atomic E-state index is 0.0406. The van der Waals surface area contributed by atoms with Gasteiger partial charge in [-0.2, -0.15) is 0 Å². The highest BCUT2D eigenvalue weighted by Crippen LogP contribution is 2.26. The second-order valence-electron chi connectivity index (χ2n) is 6.97. The van der Waals surface area contributed by atoms with Gasteiger partial charge in [-0.1, -0.05) is 12.1 Å². The van der Waals surface area contributed by atoms with E-state index in [4.69, 9.17) is 0 Å². The van der Waals surface area contributed by atoms with Gasteiger partial charge < -0.3 is 9.47 Å². The Morgan fingerprint density at radius 2 is 1.97 bits per heavy atom. The van der Waals surface area contributed by atoms with Crippen LogP contribution in [-0.2, 0) is 6.54 Å².